The first-order valence-corrected chi connectivity index (χ1v) is 22.5. The lowest BCUT2D eigenvalue weighted by atomic mass is 9.92. The first-order valence-electron chi connectivity index (χ1n) is 19.0. The summed E-state index contributed by atoms with van der Waals surface area (Å²) in [7, 11) is -2.66. The van der Waals surface area contributed by atoms with Gasteiger partial charge in [-0.3, -0.25) is 14.9 Å². The van der Waals surface area contributed by atoms with Gasteiger partial charge in [0, 0.05) is 0 Å². The number of nitriles is 1. The number of anilines is 1. The molecule has 0 spiro atoms. The predicted molar refractivity (Wildman–Crippen MR) is 213 cm³/mol. The number of carbonyl (C=O) groups is 5. The van der Waals surface area contributed by atoms with Gasteiger partial charge in [0.15, 0.2) is 20.2 Å². The van der Waals surface area contributed by atoms with Crippen molar-refractivity contribution >= 4 is 49.7 Å². The summed E-state index contributed by atoms with van der Waals surface area (Å²) in [6.07, 6.45) is -4.78. The smallest absolute Gasteiger partial charge is 0.415 e. The summed E-state index contributed by atoms with van der Waals surface area (Å²) in [6, 6.07) is 13.0. The van der Waals surface area contributed by atoms with Crippen LogP contribution in [0.1, 0.15) is 66.6 Å². The Labute approximate surface area is 344 Å². The van der Waals surface area contributed by atoms with Crippen LogP contribution in [0, 0.1) is 22.7 Å². The van der Waals surface area contributed by atoms with Crippen LogP contribution in [0.2, 0.25) is 19.6 Å². The van der Waals surface area contributed by atoms with Crippen molar-refractivity contribution in [2.45, 2.75) is 117 Å². The average molecular weight is 839 g/mol. The Bertz CT molecular complexity index is 2030. The highest BCUT2D eigenvalue weighted by molar-refractivity contribution is 6.69. The molecule has 1 aliphatic heterocycles. The minimum absolute atomic E-state index is 0.0329. The van der Waals surface area contributed by atoms with E-state index >= 15 is 0 Å². The normalized spacial score (nSPS) is 19.9. The predicted octanol–water partition coefficient (Wildman–Crippen LogP) is 5.41. The molecule has 2 N–H and O–H groups in total. The molecular formula is C40H54N6O12Si. The number of hydrogen-bond donors (Lipinski definition) is 2. The first-order chi connectivity index (χ1) is 27.4. The molecule has 5 atom stereocenters. The second-order valence-electron chi connectivity index (χ2n) is 17.3. The maximum atomic E-state index is 14.1. The van der Waals surface area contributed by atoms with Crippen molar-refractivity contribution in [1.82, 2.24) is 19.9 Å². The lowest BCUT2D eigenvalue weighted by Crippen LogP contribution is -2.53. The van der Waals surface area contributed by atoms with Crippen LogP contribution in [-0.4, -0.2) is 96.4 Å². The Morgan fingerprint density at radius 3 is 2.24 bits per heavy atom. The van der Waals surface area contributed by atoms with Crippen LogP contribution < -0.4 is 10.6 Å². The molecule has 18 nitrogen and oxygen atoms in total. The minimum Gasteiger partial charge on any atom is -0.463 e. The number of nitrogens with one attached hydrogen (secondary N) is 2. The van der Waals surface area contributed by atoms with E-state index in [0.717, 1.165) is 6.33 Å². The third-order valence-corrected chi connectivity index (χ3v) is 9.50. The van der Waals surface area contributed by atoms with E-state index in [4.69, 9.17) is 32.8 Å². The van der Waals surface area contributed by atoms with Crippen LogP contribution in [0.25, 0.3) is 5.52 Å². The Kier molecular flexibility index (Phi) is 14.5. The van der Waals surface area contributed by atoms with E-state index in [1.807, 2.05) is 25.7 Å². The van der Waals surface area contributed by atoms with Crippen LogP contribution in [-0.2, 0) is 59.3 Å². The number of ether oxygens (including phenoxy) is 6. The SMILES string of the molecule is CC(C)[C@H](NC(=O)OC(C)(C)C)C(=O)O[C@H]1[C@@H](O[Si](C)(C)C)[C@](C#N)(c2ccc3c(NC(=O)OCOC(=O)C(C)(C)C)ncnn23)O[C@@H]1COC(=O)Cc1ccccc1. The quantitative estimate of drug-likeness (QED) is 0.0895. The maximum Gasteiger partial charge on any atom is 0.415 e. The van der Waals surface area contributed by atoms with Gasteiger partial charge in [0.05, 0.1) is 17.5 Å². The van der Waals surface area contributed by atoms with Crippen LogP contribution in [0.4, 0.5) is 15.4 Å². The van der Waals surface area contributed by atoms with E-state index in [9.17, 15) is 29.2 Å². The number of hydrogen-bond acceptors (Lipinski definition) is 15. The molecule has 0 saturated carbocycles. The van der Waals surface area contributed by atoms with Crippen LogP contribution in [0.3, 0.4) is 0 Å². The second-order valence-corrected chi connectivity index (χ2v) is 21.7. The van der Waals surface area contributed by atoms with Gasteiger partial charge in [-0.1, -0.05) is 44.2 Å². The fourth-order valence-corrected chi connectivity index (χ4v) is 6.94. The molecule has 2 amide bonds. The lowest BCUT2D eigenvalue weighted by molar-refractivity contribution is -0.163. The zero-order valence-electron chi connectivity index (χ0n) is 35.3. The first kappa shape index (κ1) is 46.1. The third kappa shape index (κ3) is 12.2. The molecule has 1 aliphatic rings. The summed E-state index contributed by atoms with van der Waals surface area (Å²) in [5.74, 6) is -2.57. The number of carbonyl (C=O) groups excluding carboxylic acids is 5. The monoisotopic (exact) mass is 838 g/mol. The lowest BCUT2D eigenvalue weighted by Gasteiger charge is -2.34. The van der Waals surface area contributed by atoms with E-state index in [2.05, 4.69) is 26.8 Å². The van der Waals surface area contributed by atoms with Gasteiger partial charge >= 0.3 is 30.1 Å². The standard InChI is InChI=1S/C40H54N6O12Si/c1-24(2)30(44-37(51)57-39(6,7)8)34(48)55-31-27(20-52-29(47)19-25-15-13-12-14-16-25)56-40(21-41,32(31)58-59(9,10)11)28-18-17-26-33(42-22-43-46(26)28)45-36(50)54-23-53-35(49)38(3,4)5/h12-18,22,24,27,30-32H,19-20,23H2,1-11H3,(H,44,51)(H,42,43,45,50)/t27-,30+,31-,32-,40+/m1/s1. The van der Waals surface area contributed by atoms with E-state index in [1.165, 1.54) is 16.6 Å². The molecule has 1 saturated heterocycles. The van der Waals surface area contributed by atoms with Gasteiger partial charge in [-0.15, -0.1) is 0 Å². The average Bonchev–Trinajstić information content (AvgIpc) is 3.68. The van der Waals surface area contributed by atoms with E-state index in [0.29, 0.717) is 5.56 Å². The molecule has 19 heteroatoms. The van der Waals surface area contributed by atoms with Crippen LogP contribution in [0.15, 0.2) is 48.8 Å². The molecule has 0 radical (unpaired) electrons. The maximum absolute atomic E-state index is 14.1. The Hall–Kier alpha value is -5.58. The number of rotatable bonds is 14. The van der Waals surface area contributed by atoms with E-state index in [-0.39, 0.29) is 23.4 Å². The van der Waals surface area contributed by atoms with Crippen molar-refractivity contribution in [1.29, 1.82) is 5.26 Å². The van der Waals surface area contributed by atoms with Gasteiger partial charge in [-0.05, 0) is 84.8 Å². The zero-order chi connectivity index (χ0) is 43.9. The minimum atomic E-state index is -2.66. The molecule has 1 fully saturated rings. The van der Waals surface area contributed by atoms with Gasteiger partial charge in [-0.2, -0.15) is 10.4 Å². The van der Waals surface area contributed by atoms with Gasteiger partial charge < -0.3 is 38.2 Å². The van der Waals surface area contributed by atoms with E-state index in [1.54, 1.807) is 79.7 Å². The molecule has 0 unspecified atom stereocenters. The van der Waals surface area contributed by atoms with Crippen molar-refractivity contribution in [3.8, 4) is 6.07 Å². The van der Waals surface area contributed by atoms with Gasteiger partial charge in [0.2, 0.25) is 12.4 Å². The summed E-state index contributed by atoms with van der Waals surface area (Å²) in [6.45, 7) is 17.9. The molecule has 59 heavy (non-hydrogen) atoms. The third-order valence-electron chi connectivity index (χ3n) is 8.54. The second kappa shape index (κ2) is 18.6. The van der Waals surface area contributed by atoms with Crippen molar-refractivity contribution in [2.24, 2.45) is 11.3 Å². The zero-order valence-corrected chi connectivity index (χ0v) is 36.3. The summed E-state index contributed by atoms with van der Waals surface area (Å²) in [4.78, 5) is 69.1. The summed E-state index contributed by atoms with van der Waals surface area (Å²) in [5.41, 5.74) is -2.75. The van der Waals surface area contributed by atoms with Crippen molar-refractivity contribution < 1.29 is 56.8 Å². The summed E-state index contributed by atoms with van der Waals surface area (Å²) < 4.78 is 41.9. The summed E-state index contributed by atoms with van der Waals surface area (Å²) >= 11 is 0. The molecular weight excluding hydrogens is 785 g/mol. The van der Waals surface area contributed by atoms with Crippen LogP contribution in [0.5, 0.6) is 0 Å². The fraction of sp³-hybridized carbons (Fsp3) is 0.550. The highest BCUT2D eigenvalue weighted by atomic mass is 28.4. The number of esters is 3. The number of fused-ring (bicyclic) bond motifs is 1. The molecule has 3 heterocycles. The molecule has 3 aromatic rings. The van der Waals surface area contributed by atoms with Crippen molar-refractivity contribution in [3.05, 3.63) is 60.0 Å². The number of benzene rings is 1. The fourth-order valence-electron chi connectivity index (χ4n) is 5.88. The molecule has 0 aliphatic carbocycles. The highest BCUT2D eigenvalue weighted by Crippen LogP contribution is 2.45. The molecule has 4 rings (SSSR count). The van der Waals surface area contributed by atoms with Crippen LogP contribution >= 0.6 is 0 Å². The van der Waals surface area contributed by atoms with E-state index < -0.39 is 98.7 Å². The molecule has 320 valence electrons. The number of aromatic nitrogens is 3. The van der Waals surface area contributed by atoms with Crippen molar-refractivity contribution in [2.75, 3.05) is 18.7 Å². The van der Waals surface area contributed by atoms with Crippen molar-refractivity contribution in [3.63, 3.8) is 0 Å². The number of alkyl carbamates (subject to hydrolysis) is 1. The molecule has 0 bridgehead atoms. The molecule has 1 aromatic carbocycles. The van der Waals surface area contributed by atoms with Gasteiger partial charge in [0.1, 0.15) is 48.4 Å². The number of amides is 2. The topological polar surface area (TPSA) is 228 Å². The summed E-state index contributed by atoms with van der Waals surface area (Å²) in [5, 5.41) is 20.6. The Morgan fingerprint density at radius 1 is 0.966 bits per heavy atom. The Morgan fingerprint density at radius 2 is 1.64 bits per heavy atom. The molecule has 2 aromatic heterocycles. The highest BCUT2D eigenvalue weighted by Gasteiger charge is 2.62. The largest absolute Gasteiger partial charge is 0.463 e. The Balaban J connectivity index is 1.73. The van der Waals surface area contributed by atoms with Gasteiger partial charge in [0.25, 0.3) is 0 Å². The van der Waals surface area contributed by atoms with Gasteiger partial charge in [-0.25, -0.2) is 23.9 Å². The number of nitrogens with zero attached hydrogens (tertiary/aromatic N) is 4.